The molecule has 20 heavy (non-hydrogen) atoms. The number of benzene rings is 1. The molecule has 1 aromatic carbocycles. The van der Waals surface area contributed by atoms with Gasteiger partial charge >= 0.3 is 5.97 Å². The summed E-state index contributed by atoms with van der Waals surface area (Å²) in [6.07, 6.45) is 1.03. The van der Waals surface area contributed by atoms with Gasteiger partial charge in [0.15, 0.2) is 5.82 Å². The van der Waals surface area contributed by atoms with Crippen molar-refractivity contribution in [2.75, 3.05) is 4.72 Å². The molecule has 0 unspecified atom stereocenters. The van der Waals surface area contributed by atoms with Crippen LogP contribution in [0.3, 0.4) is 0 Å². The number of aryl methyl sites for hydroxylation is 1. The lowest BCUT2D eigenvalue weighted by molar-refractivity contribution is 0.0698. The van der Waals surface area contributed by atoms with Crippen molar-refractivity contribution in [1.29, 1.82) is 0 Å². The molecule has 2 N–H and O–H groups in total. The lowest BCUT2D eigenvalue weighted by Gasteiger charge is -2.09. The normalized spacial score (nSPS) is 11.3. The minimum Gasteiger partial charge on any atom is -0.477 e. The number of aromatic nitrogens is 2. The fourth-order valence-electron chi connectivity index (χ4n) is 1.52. The number of anilines is 1. The van der Waals surface area contributed by atoms with Gasteiger partial charge in [-0.3, -0.25) is 9.40 Å². The van der Waals surface area contributed by atoms with Crippen LogP contribution in [0.5, 0.6) is 0 Å². The smallest absolute Gasteiger partial charge is 0.341 e. The van der Waals surface area contributed by atoms with E-state index in [1.165, 1.54) is 7.05 Å². The third-order valence-corrected chi connectivity index (χ3v) is 3.88. The van der Waals surface area contributed by atoms with Gasteiger partial charge in [-0.05, 0) is 24.3 Å². The maximum Gasteiger partial charge on any atom is 0.341 e. The van der Waals surface area contributed by atoms with Crippen molar-refractivity contribution in [1.82, 2.24) is 9.78 Å². The first kappa shape index (κ1) is 14.0. The van der Waals surface area contributed by atoms with Crippen LogP contribution >= 0.6 is 0 Å². The average molecular weight is 299 g/mol. The monoisotopic (exact) mass is 299 g/mol. The predicted molar refractivity (Wildman–Crippen MR) is 67.4 cm³/mol. The highest BCUT2D eigenvalue weighted by Gasteiger charge is 2.21. The van der Waals surface area contributed by atoms with Crippen molar-refractivity contribution in [3.63, 3.8) is 0 Å². The van der Waals surface area contributed by atoms with Crippen LogP contribution in [-0.2, 0) is 17.1 Å². The summed E-state index contributed by atoms with van der Waals surface area (Å²) in [6.45, 7) is 0. The van der Waals surface area contributed by atoms with Gasteiger partial charge in [-0.1, -0.05) is 0 Å². The first-order valence-electron chi connectivity index (χ1n) is 5.35. The molecule has 0 amide bonds. The van der Waals surface area contributed by atoms with E-state index in [9.17, 15) is 17.6 Å². The Labute approximate surface area is 113 Å². The lowest BCUT2D eigenvalue weighted by Crippen LogP contribution is -2.17. The van der Waals surface area contributed by atoms with Crippen LogP contribution in [0.15, 0.2) is 35.4 Å². The van der Waals surface area contributed by atoms with Crippen LogP contribution in [0.2, 0.25) is 0 Å². The van der Waals surface area contributed by atoms with Crippen molar-refractivity contribution in [2.45, 2.75) is 4.90 Å². The molecule has 0 aliphatic carbocycles. The van der Waals surface area contributed by atoms with Gasteiger partial charge in [-0.15, -0.1) is 0 Å². The number of carbonyl (C=O) groups is 1. The standard InChI is InChI=1S/C11H10FN3O4S/c1-15-10(9(6-13-15)11(16)17)14-20(18,19)8-4-2-7(12)3-5-8/h2-6,14H,1H3,(H,16,17). The fourth-order valence-corrected chi connectivity index (χ4v) is 2.62. The molecule has 0 bridgehead atoms. The second-order valence-electron chi connectivity index (χ2n) is 3.90. The van der Waals surface area contributed by atoms with E-state index < -0.39 is 21.8 Å². The minimum atomic E-state index is -4.02. The summed E-state index contributed by atoms with van der Waals surface area (Å²) >= 11 is 0. The van der Waals surface area contributed by atoms with Gasteiger partial charge in [0.2, 0.25) is 0 Å². The number of hydrogen-bond acceptors (Lipinski definition) is 4. The van der Waals surface area contributed by atoms with E-state index in [0.29, 0.717) is 0 Å². The molecule has 0 atom stereocenters. The number of sulfonamides is 1. The molecule has 0 aliphatic rings. The quantitative estimate of drug-likeness (QED) is 0.879. The van der Waals surface area contributed by atoms with Crippen molar-refractivity contribution >= 4 is 21.8 Å². The Morgan fingerprint density at radius 2 is 1.95 bits per heavy atom. The molecule has 2 rings (SSSR count). The summed E-state index contributed by atoms with van der Waals surface area (Å²) in [6, 6.07) is 4.15. The van der Waals surface area contributed by atoms with Crippen molar-refractivity contribution in [3.8, 4) is 0 Å². The highest BCUT2D eigenvalue weighted by molar-refractivity contribution is 7.92. The molecule has 1 heterocycles. The molecule has 0 saturated carbocycles. The molecule has 0 spiro atoms. The number of rotatable bonds is 4. The zero-order chi connectivity index (χ0) is 14.9. The van der Waals surface area contributed by atoms with Crippen LogP contribution < -0.4 is 4.72 Å². The summed E-state index contributed by atoms with van der Waals surface area (Å²) < 4.78 is 40.1. The largest absolute Gasteiger partial charge is 0.477 e. The summed E-state index contributed by atoms with van der Waals surface area (Å²) in [5, 5.41) is 12.6. The van der Waals surface area contributed by atoms with Gasteiger partial charge in [0.05, 0.1) is 11.1 Å². The Kier molecular flexibility index (Phi) is 3.45. The van der Waals surface area contributed by atoms with Gasteiger partial charge in [-0.2, -0.15) is 5.10 Å². The Bertz CT molecular complexity index is 752. The third-order valence-electron chi connectivity index (χ3n) is 2.52. The molecule has 7 nitrogen and oxygen atoms in total. The first-order chi connectivity index (χ1) is 9.31. The van der Waals surface area contributed by atoms with Gasteiger partial charge in [0, 0.05) is 7.05 Å². The zero-order valence-corrected chi connectivity index (χ0v) is 11.1. The maximum atomic E-state index is 12.8. The second-order valence-corrected chi connectivity index (χ2v) is 5.58. The summed E-state index contributed by atoms with van der Waals surface area (Å²) in [4.78, 5) is 10.8. The SMILES string of the molecule is Cn1ncc(C(=O)O)c1NS(=O)(=O)c1ccc(F)cc1. The molecule has 2 aromatic rings. The average Bonchev–Trinajstić information content (AvgIpc) is 2.71. The van der Waals surface area contributed by atoms with Crippen LogP contribution in [-0.4, -0.2) is 29.3 Å². The summed E-state index contributed by atoms with van der Waals surface area (Å²) in [7, 11) is -2.62. The van der Waals surface area contributed by atoms with Gasteiger partial charge in [0.25, 0.3) is 10.0 Å². The molecule has 0 fully saturated rings. The van der Waals surface area contributed by atoms with Crippen molar-refractivity contribution in [2.24, 2.45) is 7.05 Å². The molecule has 106 valence electrons. The van der Waals surface area contributed by atoms with E-state index in [4.69, 9.17) is 5.11 Å². The highest BCUT2D eigenvalue weighted by Crippen LogP contribution is 2.19. The van der Waals surface area contributed by atoms with Crippen molar-refractivity contribution < 1.29 is 22.7 Å². The van der Waals surface area contributed by atoms with E-state index in [0.717, 1.165) is 35.1 Å². The molecule has 0 saturated heterocycles. The topological polar surface area (TPSA) is 101 Å². The van der Waals surface area contributed by atoms with Crippen LogP contribution in [0.4, 0.5) is 10.2 Å². The van der Waals surface area contributed by atoms with Gasteiger partial charge in [0.1, 0.15) is 11.4 Å². The summed E-state index contributed by atoms with van der Waals surface area (Å²) in [5.41, 5.74) is -0.279. The van der Waals surface area contributed by atoms with Gasteiger partial charge < -0.3 is 5.11 Å². The molecule has 0 aliphatic heterocycles. The number of hydrogen-bond donors (Lipinski definition) is 2. The highest BCUT2D eigenvalue weighted by atomic mass is 32.2. The van der Waals surface area contributed by atoms with Crippen molar-refractivity contribution in [3.05, 3.63) is 41.8 Å². The molecule has 9 heteroatoms. The Morgan fingerprint density at radius 3 is 2.50 bits per heavy atom. The van der Waals surface area contributed by atoms with E-state index in [1.807, 2.05) is 0 Å². The molecule has 0 radical (unpaired) electrons. The van der Waals surface area contributed by atoms with E-state index in [-0.39, 0.29) is 16.3 Å². The number of nitrogens with one attached hydrogen (secondary N) is 1. The van der Waals surface area contributed by atoms with Crippen LogP contribution in [0.25, 0.3) is 0 Å². The number of halogens is 1. The molecular weight excluding hydrogens is 289 g/mol. The second kappa shape index (κ2) is 4.93. The van der Waals surface area contributed by atoms with E-state index in [1.54, 1.807) is 0 Å². The minimum absolute atomic E-state index is 0.179. The third kappa shape index (κ3) is 2.62. The first-order valence-corrected chi connectivity index (χ1v) is 6.83. The predicted octanol–water partition coefficient (Wildman–Crippen LogP) is 1.06. The number of aromatic carboxylic acids is 1. The molecular formula is C11H10FN3O4S. The van der Waals surface area contributed by atoms with Crippen LogP contribution in [0, 0.1) is 5.82 Å². The summed E-state index contributed by atoms with van der Waals surface area (Å²) in [5.74, 6) is -2.06. The molecule has 1 aromatic heterocycles. The lowest BCUT2D eigenvalue weighted by atomic mass is 10.3. The zero-order valence-electron chi connectivity index (χ0n) is 10.2. The Hall–Kier alpha value is -2.42. The van der Waals surface area contributed by atoms with E-state index >= 15 is 0 Å². The van der Waals surface area contributed by atoms with Gasteiger partial charge in [-0.25, -0.2) is 17.6 Å². The van der Waals surface area contributed by atoms with E-state index in [2.05, 4.69) is 9.82 Å². The number of carboxylic acids is 1. The fraction of sp³-hybridized carbons (Fsp3) is 0.0909. The van der Waals surface area contributed by atoms with Crippen LogP contribution in [0.1, 0.15) is 10.4 Å². The Balaban J connectivity index is 2.41. The number of nitrogens with zero attached hydrogens (tertiary/aromatic N) is 2. The maximum absolute atomic E-state index is 12.8. The number of carboxylic acid groups (broad SMARTS) is 1. The Morgan fingerprint density at radius 1 is 1.35 bits per heavy atom.